The molecule has 1 heterocycles. The highest BCUT2D eigenvalue weighted by Crippen LogP contribution is 2.50. The minimum Gasteiger partial charge on any atom is -0.297 e. The zero-order chi connectivity index (χ0) is 11.4. The SMILES string of the molecule is O=Cc1scc2c1-c1cccc3cccc-2c13. The molecule has 0 bridgehead atoms. The maximum atomic E-state index is 11.1. The number of fused-ring (bicyclic) bond motifs is 3. The fraction of sp³-hybridized carbons (Fsp3) is 0. The number of thiophene rings is 1. The smallest absolute Gasteiger partial charge is 0.160 e. The van der Waals surface area contributed by atoms with Gasteiger partial charge in [-0.15, -0.1) is 11.3 Å². The van der Waals surface area contributed by atoms with Crippen molar-refractivity contribution in [1.29, 1.82) is 0 Å². The van der Waals surface area contributed by atoms with Crippen molar-refractivity contribution in [3.8, 4) is 22.3 Å². The largest absolute Gasteiger partial charge is 0.297 e. The summed E-state index contributed by atoms with van der Waals surface area (Å²) < 4.78 is 0. The summed E-state index contributed by atoms with van der Waals surface area (Å²) in [6.07, 6.45) is 0.966. The van der Waals surface area contributed by atoms with Crippen molar-refractivity contribution >= 4 is 28.4 Å². The third-order valence-corrected chi connectivity index (χ3v) is 4.30. The number of hydrogen-bond donors (Lipinski definition) is 0. The number of carbonyl (C=O) groups is 1. The Kier molecular flexibility index (Phi) is 1.64. The summed E-state index contributed by atoms with van der Waals surface area (Å²) in [5, 5.41) is 4.63. The van der Waals surface area contributed by atoms with E-state index in [1.807, 2.05) is 0 Å². The maximum Gasteiger partial charge on any atom is 0.160 e. The third-order valence-electron chi connectivity index (χ3n) is 3.39. The van der Waals surface area contributed by atoms with E-state index < -0.39 is 0 Å². The van der Waals surface area contributed by atoms with Gasteiger partial charge in [-0.25, -0.2) is 0 Å². The van der Waals surface area contributed by atoms with Crippen LogP contribution in [0.25, 0.3) is 33.0 Å². The van der Waals surface area contributed by atoms with E-state index in [1.165, 1.54) is 38.8 Å². The van der Waals surface area contributed by atoms with Crippen molar-refractivity contribution in [3.05, 3.63) is 46.7 Å². The highest BCUT2D eigenvalue weighted by Gasteiger charge is 2.24. The summed E-state index contributed by atoms with van der Waals surface area (Å²) in [5.74, 6) is 0. The highest BCUT2D eigenvalue weighted by molar-refractivity contribution is 7.12. The molecular weight excluding hydrogens is 228 g/mol. The second-order valence-corrected chi connectivity index (χ2v) is 5.13. The first-order chi connectivity index (χ1) is 8.40. The number of aldehydes is 1. The van der Waals surface area contributed by atoms with E-state index in [1.54, 1.807) is 0 Å². The van der Waals surface area contributed by atoms with E-state index in [0.29, 0.717) is 0 Å². The van der Waals surface area contributed by atoms with Crippen LogP contribution in [0.5, 0.6) is 0 Å². The summed E-state index contributed by atoms with van der Waals surface area (Å²) in [7, 11) is 0. The van der Waals surface area contributed by atoms with Crippen LogP contribution in [0.3, 0.4) is 0 Å². The number of hydrogen-bond acceptors (Lipinski definition) is 2. The Morgan fingerprint density at radius 3 is 2.47 bits per heavy atom. The molecule has 2 aromatic carbocycles. The predicted octanol–water partition coefficient (Wildman–Crippen LogP) is 4.36. The third kappa shape index (κ3) is 1.01. The Morgan fingerprint density at radius 2 is 1.71 bits per heavy atom. The summed E-state index contributed by atoms with van der Waals surface area (Å²) in [4.78, 5) is 11.9. The van der Waals surface area contributed by atoms with Gasteiger partial charge in [0.15, 0.2) is 6.29 Å². The van der Waals surface area contributed by atoms with Crippen LogP contribution in [-0.4, -0.2) is 6.29 Å². The molecule has 0 N–H and O–H groups in total. The molecule has 0 fully saturated rings. The van der Waals surface area contributed by atoms with Gasteiger partial charge in [0, 0.05) is 11.1 Å². The Hall–Kier alpha value is -1.93. The molecule has 0 saturated carbocycles. The normalized spacial score (nSPS) is 11.8. The van der Waals surface area contributed by atoms with Gasteiger partial charge in [0.25, 0.3) is 0 Å². The monoisotopic (exact) mass is 236 g/mol. The van der Waals surface area contributed by atoms with Crippen LogP contribution in [0.1, 0.15) is 9.67 Å². The Bertz CT molecular complexity index is 762. The van der Waals surface area contributed by atoms with Gasteiger partial charge in [-0.1, -0.05) is 36.4 Å². The first kappa shape index (κ1) is 9.14. The molecule has 0 amide bonds. The molecule has 0 atom stereocenters. The molecular formula is C15H8OS. The molecule has 0 saturated heterocycles. The summed E-state index contributed by atoms with van der Waals surface area (Å²) in [5.41, 5.74) is 4.80. The van der Waals surface area contributed by atoms with E-state index in [0.717, 1.165) is 16.7 Å². The minimum absolute atomic E-state index is 0.837. The Labute approximate surface area is 102 Å². The minimum atomic E-state index is 0.837. The Morgan fingerprint density at radius 1 is 0.941 bits per heavy atom. The average Bonchev–Trinajstić information content (AvgIpc) is 2.92. The second-order valence-electron chi connectivity index (χ2n) is 4.22. The molecule has 0 spiro atoms. The zero-order valence-electron chi connectivity index (χ0n) is 8.94. The molecule has 4 rings (SSSR count). The fourth-order valence-electron chi connectivity index (χ4n) is 2.71. The van der Waals surface area contributed by atoms with Crippen LogP contribution in [0.4, 0.5) is 0 Å². The van der Waals surface area contributed by atoms with Gasteiger partial charge in [-0.3, -0.25) is 4.79 Å². The van der Waals surface area contributed by atoms with E-state index in [9.17, 15) is 4.79 Å². The van der Waals surface area contributed by atoms with Crippen molar-refractivity contribution in [1.82, 2.24) is 0 Å². The average molecular weight is 236 g/mol. The molecule has 1 aromatic heterocycles. The lowest BCUT2D eigenvalue weighted by Crippen LogP contribution is -1.78. The molecule has 3 aromatic rings. The van der Waals surface area contributed by atoms with Crippen molar-refractivity contribution in [2.75, 3.05) is 0 Å². The first-order valence-electron chi connectivity index (χ1n) is 5.49. The van der Waals surface area contributed by atoms with E-state index in [-0.39, 0.29) is 0 Å². The van der Waals surface area contributed by atoms with Crippen LogP contribution < -0.4 is 0 Å². The van der Waals surface area contributed by atoms with Crippen molar-refractivity contribution in [3.63, 3.8) is 0 Å². The number of rotatable bonds is 1. The lowest BCUT2D eigenvalue weighted by Gasteiger charge is -2.01. The van der Waals surface area contributed by atoms with E-state index in [4.69, 9.17) is 0 Å². The molecule has 1 nitrogen and oxygen atoms in total. The van der Waals surface area contributed by atoms with Crippen molar-refractivity contribution in [2.45, 2.75) is 0 Å². The van der Waals surface area contributed by atoms with Crippen LogP contribution in [-0.2, 0) is 0 Å². The topological polar surface area (TPSA) is 17.1 Å². The first-order valence-corrected chi connectivity index (χ1v) is 6.37. The number of carbonyl (C=O) groups excluding carboxylic acids is 1. The quantitative estimate of drug-likeness (QED) is 0.449. The van der Waals surface area contributed by atoms with Crippen LogP contribution in [0.15, 0.2) is 41.8 Å². The summed E-state index contributed by atoms with van der Waals surface area (Å²) >= 11 is 1.53. The second kappa shape index (κ2) is 3.05. The lowest BCUT2D eigenvalue weighted by molar-refractivity contribution is 0.112. The van der Waals surface area contributed by atoms with Gasteiger partial charge in [-0.05, 0) is 27.3 Å². The van der Waals surface area contributed by atoms with Gasteiger partial charge in [0.05, 0.1) is 4.88 Å². The van der Waals surface area contributed by atoms with Gasteiger partial charge in [-0.2, -0.15) is 0 Å². The van der Waals surface area contributed by atoms with E-state index in [2.05, 4.69) is 41.8 Å². The van der Waals surface area contributed by atoms with Gasteiger partial charge < -0.3 is 0 Å². The fourth-order valence-corrected chi connectivity index (χ4v) is 3.59. The summed E-state index contributed by atoms with van der Waals surface area (Å²) in [6, 6.07) is 12.6. The molecule has 0 unspecified atom stereocenters. The van der Waals surface area contributed by atoms with Gasteiger partial charge in [0.2, 0.25) is 0 Å². The summed E-state index contributed by atoms with van der Waals surface area (Å²) in [6.45, 7) is 0. The van der Waals surface area contributed by atoms with Crippen LogP contribution in [0, 0.1) is 0 Å². The number of benzene rings is 2. The van der Waals surface area contributed by atoms with E-state index >= 15 is 0 Å². The van der Waals surface area contributed by atoms with Crippen LogP contribution in [0.2, 0.25) is 0 Å². The zero-order valence-corrected chi connectivity index (χ0v) is 9.75. The molecule has 0 radical (unpaired) electrons. The molecule has 17 heavy (non-hydrogen) atoms. The van der Waals surface area contributed by atoms with Crippen molar-refractivity contribution < 1.29 is 4.79 Å². The standard InChI is InChI=1S/C15H8OS/c16-7-13-15-11-6-2-4-9-3-1-5-10(14(9)11)12(15)8-17-13/h1-8H. The maximum absolute atomic E-state index is 11.1. The molecule has 1 aliphatic carbocycles. The molecule has 1 aliphatic rings. The lowest BCUT2D eigenvalue weighted by atomic mass is 10.0. The highest BCUT2D eigenvalue weighted by atomic mass is 32.1. The van der Waals surface area contributed by atoms with Crippen LogP contribution >= 0.6 is 11.3 Å². The molecule has 0 aliphatic heterocycles. The van der Waals surface area contributed by atoms with Crippen molar-refractivity contribution in [2.24, 2.45) is 0 Å². The predicted molar refractivity (Wildman–Crippen MR) is 71.6 cm³/mol. The molecule has 2 heteroatoms. The van der Waals surface area contributed by atoms with Gasteiger partial charge >= 0.3 is 0 Å². The molecule has 80 valence electrons. The van der Waals surface area contributed by atoms with Gasteiger partial charge in [0.1, 0.15) is 0 Å². The Balaban J connectivity index is 2.27.